The Kier molecular flexibility index (Phi) is 4.75. The third-order valence-electron chi connectivity index (χ3n) is 3.92. The third-order valence-corrected chi connectivity index (χ3v) is 3.92. The Morgan fingerprint density at radius 2 is 1.96 bits per heavy atom. The molecule has 1 aliphatic carbocycles. The van der Waals surface area contributed by atoms with Gasteiger partial charge in [0.15, 0.2) is 5.82 Å². The monoisotopic (exact) mass is 315 g/mol. The Labute approximate surface area is 135 Å². The lowest BCUT2D eigenvalue weighted by molar-refractivity contribution is 0.405. The summed E-state index contributed by atoms with van der Waals surface area (Å²) in [6, 6.07) is 5.97. The fourth-order valence-corrected chi connectivity index (χ4v) is 2.74. The van der Waals surface area contributed by atoms with E-state index in [0.29, 0.717) is 17.7 Å². The summed E-state index contributed by atoms with van der Waals surface area (Å²) in [6.07, 6.45) is 6.53. The molecule has 0 atom stereocenters. The van der Waals surface area contributed by atoms with E-state index in [4.69, 9.17) is 9.47 Å². The Morgan fingerprint density at radius 3 is 2.70 bits per heavy atom. The van der Waals surface area contributed by atoms with Crippen LogP contribution in [0, 0.1) is 0 Å². The molecule has 1 aromatic heterocycles. The average molecular weight is 315 g/mol. The number of hydrogen-bond donors (Lipinski definition) is 2. The number of aromatic nitrogens is 3. The summed E-state index contributed by atoms with van der Waals surface area (Å²) in [4.78, 5) is 4.47. The van der Waals surface area contributed by atoms with Crippen LogP contribution in [0.3, 0.4) is 0 Å². The van der Waals surface area contributed by atoms with E-state index in [1.807, 2.05) is 18.2 Å². The van der Waals surface area contributed by atoms with Crippen LogP contribution in [0.4, 0.5) is 17.5 Å². The highest BCUT2D eigenvalue weighted by molar-refractivity contribution is 5.65. The molecule has 3 rings (SSSR count). The van der Waals surface area contributed by atoms with Crippen LogP contribution in [0.2, 0.25) is 0 Å². The minimum absolute atomic E-state index is 0.416. The zero-order valence-electron chi connectivity index (χ0n) is 13.4. The summed E-state index contributed by atoms with van der Waals surface area (Å²) in [6.45, 7) is 0. The molecule has 1 aromatic carbocycles. The van der Waals surface area contributed by atoms with Gasteiger partial charge in [0.05, 0.1) is 26.1 Å². The predicted octanol–water partition coefficient (Wildman–Crippen LogP) is 2.99. The predicted molar refractivity (Wildman–Crippen MR) is 88.5 cm³/mol. The second-order valence-electron chi connectivity index (χ2n) is 5.48. The fourth-order valence-electron chi connectivity index (χ4n) is 2.74. The Bertz CT molecular complexity index is 659. The van der Waals surface area contributed by atoms with Gasteiger partial charge in [0.1, 0.15) is 11.5 Å². The maximum atomic E-state index is 5.35. The van der Waals surface area contributed by atoms with E-state index in [1.54, 1.807) is 20.4 Å². The van der Waals surface area contributed by atoms with Gasteiger partial charge < -0.3 is 20.1 Å². The Morgan fingerprint density at radius 1 is 1.13 bits per heavy atom. The van der Waals surface area contributed by atoms with Crippen LogP contribution >= 0.6 is 0 Å². The van der Waals surface area contributed by atoms with Crippen LogP contribution in [0.25, 0.3) is 0 Å². The molecule has 0 saturated heterocycles. The second-order valence-corrected chi connectivity index (χ2v) is 5.48. The Balaban J connectivity index is 1.77. The summed E-state index contributed by atoms with van der Waals surface area (Å²) in [5.41, 5.74) is 0.728. The van der Waals surface area contributed by atoms with Crippen molar-refractivity contribution in [3.05, 3.63) is 24.4 Å². The molecular weight excluding hydrogens is 294 g/mol. The quantitative estimate of drug-likeness (QED) is 0.848. The van der Waals surface area contributed by atoms with E-state index in [-0.39, 0.29) is 0 Å². The van der Waals surface area contributed by atoms with E-state index in [9.17, 15) is 0 Å². The molecule has 1 saturated carbocycles. The lowest BCUT2D eigenvalue weighted by Crippen LogP contribution is -2.16. The molecule has 0 spiro atoms. The molecule has 1 heterocycles. The highest BCUT2D eigenvalue weighted by atomic mass is 16.5. The van der Waals surface area contributed by atoms with Crippen molar-refractivity contribution in [2.75, 3.05) is 24.9 Å². The number of methoxy groups -OCH3 is 2. The summed E-state index contributed by atoms with van der Waals surface area (Å²) >= 11 is 0. The zero-order valence-corrected chi connectivity index (χ0v) is 13.4. The molecule has 7 heteroatoms. The van der Waals surface area contributed by atoms with Gasteiger partial charge >= 0.3 is 0 Å². The maximum Gasteiger partial charge on any atom is 0.249 e. The van der Waals surface area contributed by atoms with Crippen molar-refractivity contribution in [3.63, 3.8) is 0 Å². The van der Waals surface area contributed by atoms with Crippen molar-refractivity contribution < 1.29 is 9.47 Å². The van der Waals surface area contributed by atoms with Gasteiger partial charge in [-0.1, -0.05) is 12.8 Å². The van der Waals surface area contributed by atoms with Crippen LogP contribution in [0.5, 0.6) is 11.5 Å². The molecule has 23 heavy (non-hydrogen) atoms. The van der Waals surface area contributed by atoms with Crippen LogP contribution in [0.15, 0.2) is 24.4 Å². The van der Waals surface area contributed by atoms with Crippen molar-refractivity contribution in [2.45, 2.75) is 31.7 Å². The van der Waals surface area contributed by atoms with E-state index in [0.717, 1.165) is 17.3 Å². The van der Waals surface area contributed by atoms with E-state index in [2.05, 4.69) is 25.8 Å². The van der Waals surface area contributed by atoms with Crippen molar-refractivity contribution in [1.82, 2.24) is 15.2 Å². The number of nitrogens with one attached hydrogen (secondary N) is 2. The van der Waals surface area contributed by atoms with Gasteiger partial charge in [-0.05, 0) is 25.0 Å². The maximum absolute atomic E-state index is 5.35. The molecule has 0 aliphatic heterocycles. The zero-order chi connectivity index (χ0) is 16.1. The van der Waals surface area contributed by atoms with Crippen LogP contribution in [-0.2, 0) is 0 Å². The lowest BCUT2D eigenvalue weighted by atomic mass is 10.2. The third kappa shape index (κ3) is 3.80. The molecule has 2 N–H and O–H groups in total. The number of anilines is 3. The first-order valence-electron chi connectivity index (χ1n) is 7.74. The highest BCUT2D eigenvalue weighted by Gasteiger charge is 2.15. The van der Waals surface area contributed by atoms with Crippen LogP contribution in [-0.4, -0.2) is 35.4 Å². The summed E-state index contributed by atoms with van der Waals surface area (Å²) in [5.74, 6) is 2.56. The molecule has 7 nitrogen and oxygen atoms in total. The van der Waals surface area contributed by atoms with Crippen molar-refractivity contribution >= 4 is 17.5 Å². The van der Waals surface area contributed by atoms with Gasteiger partial charge in [0.25, 0.3) is 0 Å². The average Bonchev–Trinajstić information content (AvgIpc) is 3.08. The molecule has 0 radical (unpaired) electrons. The minimum Gasteiger partial charge on any atom is -0.497 e. The molecular formula is C16H21N5O2. The van der Waals surface area contributed by atoms with Gasteiger partial charge in [-0.15, -0.1) is 5.10 Å². The van der Waals surface area contributed by atoms with Gasteiger partial charge in [0.2, 0.25) is 5.95 Å². The Hall–Kier alpha value is -2.57. The van der Waals surface area contributed by atoms with Crippen LogP contribution in [0.1, 0.15) is 25.7 Å². The van der Waals surface area contributed by atoms with Crippen LogP contribution < -0.4 is 20.1 Å². The molecule has 2 aromatic rings. The first-order chi connectivity index (χ1) is 11.3. The first kappa shape index (κ1) is 15.3. The number of benzene rings is 1. The molecule has 0 amide bonds. The molecule has 0 bridgehead atoms. The summed E-state index contributed by atoms with van der Waals surface area (Å²) in [7, 11) is 3.24. The minimum atomic E-state index is 0.416. The van der Waals surface area contributed by atoms with Gasteiger partial charge in [-0.25, -0.2) is 0 Å². The first-order valence-corrected chi connectivity index (χ1v) is 7.74. The lowest BCUT2D eigenvalue weighted by Gasteiger charge is -2.14. The SMILES string of the molecule is COc1ccc(OC)c(Nc2nncc(NC3CCCC3)n2)c1. The summed E-state index contributed by atoms with van der Waals surface area (Å²) < 4.78 is 10.6. The molecule has 1 fully saturated rings. The smallest absolute Gasteiger partial charge is 0.249 e. The normalized spacial score (nSPS) is 14.5. The topological polar surface area (TPSA) is 81.2 Å². The van der Waals surface area contributed by atoms with E-state index in [1.165, 1.54) is 25.7 Å². The number of rotatable bonds is 6. The van der Waals surface area contributed by atoms with E-state index < -0.39 is 0 Å². The van der Waals surface area contributed by atoms with Gasteiger partial charge in [0, 0.05) is 12.1 Å². The largest absolute Gasteiger partial charge is 0.497 e. The number of ether oxygens (including phenoxy) is 2. The van der Waals surface area contributed by atoms with Crippen molar-refractivity contribution in [3.8, 4) is 11.5 Å². The van der Waals surface area contributed by atoms with Gasteiger partial charge in [-0.3, -0.25) is 0 Å². The van der Waals surface area contributed by atoms with Gasteiger partial charge in [-0.2, -0.15) is 10.1 Å². The molecule has 1 aliphatic rings. The summed E-state index contributed by atoms with van der Waals surface area (Å²) in [5, 5.41) is 14.6. The van der Waals surface area contributed by atoms with Crippen molar-refractivity contribution in [1.29, 1.82) is 0 Å². The second kappa shape index (κ2) is 7.13. The standard InChI is InChI=1S/C16H21N5O2/c1-22-12-7-8-14(23-2)13(9-12)19-16-20-15(10-17-21-16)18-11-5-3-4-6-11/h7-11H,3-6H2,1-2H3,(H2,18,19,20,21). The molecule has 0 unspecified atom stereocenters. The van der Waals surface area contributed by atoms with Crippen molar-refractivity contribution in [2.24, 2.45) is 0 Å². The number of hydrogen-bond acceptors (Lipinski definition) is 7. The highest BCUT2D eigenvalue weighted by Crippen LogP contribution is 2.30. The van der Waals surface area contributed by atoms with E-state index >= 15 is 0 Å². The fraction of sp³-hybridized carbons (Fsp3) is 0.438. The number of nitrogens with zero attached hydrogens (tertiary/aromatic N) is 3. The molecule has 122 valence electrons.